The molecule has 9 heteroatoms. The van der Waals surface area contributed by atoms with Gasteiger partial charge in [-0.15, -0.1) is 11.8 Å². The third kappa shape index (κ3) is 4.66. The van der Waals surface area contributed by atoms with Crippen LogP contribution >= 0.6 is 11.8 Å². The fourth-order valence-electron chi connectivity index (χ4n) is 3.48. The first kappa shape index (κ1) is 21.2. The number of amides is 2. The van der Waals surface area contributed by atoms with Gasteiger partial charge in [-0.1, -0.05) is 6.07 Å². The van der Waals surface area contributed by atoms with Crippen molar-refractivity contribution in [3.8, 4) is 0 Å². The molecule has 1 aromatic carbocycles. The molecular weight excluding hydrogens is 414 g/mol. The van der Waals surface area contributed by atoms with E-state index >= 15 is 0 Å². The smallest absolute Gasteiger partial charge is 0.408 e. The maximum atomic E-state index is 12.9. The highest BCUT2D eigenvalue weighted by molar-refractivity contribution is 7.99. The summed E-state index contributed by atoms with van der Waals surface area (Å²) in [4.78, 5) is 30.4. The van der Waals surface area contributed by atoms with Gasteiger partial charge >= 0.3 is 6.09 Å². The van der Waals surface area contributed by atoms with Crippen LogP contribution in [0.1, 0.15) is 49.2 Å². The molecule has 0 saturated carbocycles. The highest BCUT2D eigenvalue weighted by atomic mass is 32.2. The summed E-state index contributed by atoms with van der Waals surface area (Å²) in [5.74, 6) is 0.640. The van der Waals surface area contributed by atoms with Gasteiger partial charge in [0.05, 0.1) is 23.3 Å². The molecule has 0 bridgehead atoms. The highest BCUT2D eigenvalue weighted by Crippen LogP contribution is 2.37. The Bertz CT molecular complexity index is 1150. The van der Waals surface area contributed by atoms with E-state index in [9.17, 15) is 9.59 Å². The van der Waals surface area contributed by atoms with Crippen LogP contribution < -0.4 is 10.6 Å². The minimum Gasteiger partial charge on any atom is -0.444 e. The summed E-state index contributed by atoms with van der Waals surface area (Å²) in [7, 11) is 1.81. The van der Waals surface area contributed by atoms with Crippen LogP contribution in [-0.2, 0) is 11.8 Å². The van der Waals surface area contributed by atoms with Gasteiger partial charge in [0.25, 0.3) is 5.91 Å². The number of alkyl carbamates (subject to hydrolysis) is 1. The Morgan fingerprint density at radius 1 is 1.26 bits per heavy atom. The van der Waals surface area contributed by atoms with E-state index in [2.05, 4.69) is 20.7 Å². The fourth-order valence-corrected chi connectivity index (χ4v) is 4.64. The lowest BCUT2D eigenvalue weighted by Gasteiger charge is -2.28. The maximum absolute atomic E-state index is 12.9. The number of hydrogen-bond acceptors (Lipinski definition) is 6. The minimum absolute atomic E-state index is 0.140. The molecule has 31 heavy (non-hydrogen) atoms. The van der Waals surface area contributed by atoms with E-state index in [1.165, 1.54) is 0 Å². The first-order valence-electron chi connectivity index (χ1n) is 10.1. The van der Waals surface area contributed by atoms with Crippen LogP contribution in [-0.4, -0.2) is 38.1 Å². The van der Waals surface area contributed by atoms with Crippen molar-refractivity contribution in [3.05, 3.63) is 47.8 Å². The number of fused-ring (bicyclic) bond motifs is 2. The molecule has 0 radical (unpaired) electrons. The molecule has 0 fully saturated rings. The topological polar surface area (TPSA) is 98.1 Å². The molecule has 1 unspecified atom stereocenters. The molecule has 2 aromatic heterocycles. The van der Waals surface area contributed by atoms with E-state index < -0.39 is 11.7 Å². The third-order valence-electron chi connectivity index (χ3n) is 4.89. The van der Waals surface area contributed by atoms with Crippen LogP contribution in [0.4, 0.5) is 10.5 Å². The Balaban J connectivity index is 1.52. The second-order valence-corrected chi connectivity index (χ2v) is 9.54. The zero-order valence-corrected chi connectivity index (χ0v) is 18.7. The summed E-state index contributed by atoms with van der Waals surface area (Å²) in [6.07, 6.45) is 3.71. The number of aryl methyl sites for hydroxylation is 1. The maximum Gasteiger partial charge on any atom is 0.408 e. The quantitative estimate of drug-likeness (QED) is 0.632. The monoisotopic (exact) mass is 439 g/mol. The van der Waals surface area contributed by atoms with Gasteiger partial charge in [-0.05, 0) is 51.0 Å². The van der Waals surface area contributed by atoms with Crippen LogP contribution in [0.15, 0.2) is 41.6 Å². The van der Waals surface area contributed by atoms with Crippen molar-refractivity contribution in [1.29, 1.82) is 0 Å². The first-order chi connectivity index (χ1) is 14.7. The van der Waals surface area contributed by atoms with Crippen LogP contribution in [0.3, 0.4) is 0 Å². The van der Waals surface area contributed by atoms with Crippen molar-refractivity contribution in [2.75, 3.05) is 11.1 Å². The molecule has 1 aliphatic rings. The Labute approximate surface area is 184 Å². The largest absolute Gasteiger partial charge is 0.444 e. The number of aromatic nitrogens is 3. The fraction of sp³-hybridized carbons (Fsp3) is 0.364. The lowest BCUT2D eigenvalue weighted by Crippen LogP contribution is -2.36. The lowest BCUT2D eigenvalue weighted by atomic mass is 10.0. The Morgan fingerprint density at radius 2 is 2.06 bits per heavy atom. The van der Waals surface area contributed by atoms with E-state index in [4.69, 9.17) is 4.74 Å². The Kier molecular flexibility index (Phi) is 5.62. The van der Waals surface area contributed by atoms with Gasteiger partial charge in [0, 0.05) is 29.5 Å². The molecule has 0 aliphatic carbocycles. The number of anilines is 1. The van der Waals surface area contributed by atoms with Gasteiger partial charge in [-0.25, -0.2) is 9.78 Å². The Morgan fingerprint density at radius 3 is 2.84 bits per heavy atom. The summed E-state index contributed by atoms with van der Waals surface area (Å²) >= 11 is 1.68. The first-order valence-corrected chi connectivity index (χ1v) is 11.0. The van der Waals surface area contributed by atoms with Crippen molar-refractivity contribution in [3.63, 3.8) is 0 Å². The molecule has 3 aromatic rings. The second kappa shape index (κ2) is 8.22. The molecule has 3 heterocycles. The molecule has 1 atom stereocenters. The molecular formula is C22H25N5O3S. The van der Waals surface area contributed by atoms with Gasteiger partial charge < -0.3 is 15.4 Å². The van der Waals surface area contributed by atoms with Gasteiger partial charge in [0.1, 0.15) is 5.60 Å². The Hall–Kier alpha value is -3.07. The van der Waals surface area contributed by atoms with Crippen LogP contribution in [0.25, 0.3) is 11.0 Å². The van der Waals surface area contributed by atoms with Crippen LogP contribution in [0.5, 0.6) is 0 Å². The number of benzene rings is 1. The van der Waals surface area contributed by atoms with Crippen LogP contribution in [0.2, 0.25) is 0 Å². The van der Waals surface area contributed by atoms with Crippen molar-refractivity contribution in [1.82, 2.24) is 20.1 Å². The highest BCUT2D eigenvalue weighted by Gasteiger charge is 2.26. The normalized spacial score (nSPS) is 15.9. The molecule has 0 saturated heterocycles. The summed E-state index contributed by atoms with van der Waals surface area (Å²) < 4.78 is 7.05. The molecule has 1 aliphatic heterocycles. The zero-order valence-electron chi connectivity index (χ0n) is 17.9. The zero-order chi connectivity index (χ0) is 22.2. The van der Waals surface area contributed by atoms with Gasteiger partial charge in [-0.2, -0.15) is 5.10 Å². The number of pyridine rings is 1. The summed E-state index contributed by atoms with van der Waals surface area (Å²) in [5.41, 5.74) is 2.37. The molecule has 4 rings (SSSR count). The number of ether oxygens (including phenoxy) is 1. The minimum atomic E-state index is -0.551. The summed E-state index contributed by atoms with van der Waals surface area (Å²) in [5, 5.41) is 10.9. The van der Waals surface area contributed by atoms with Gasteiger partial charge in [0.2, 0.25) is 0 Å². The number of nitrogens with zero attached hydrogens (tertiary/aromatic N) is 3. The molecule has 0 spiro atoms. The van der Waals surface area contributed by atoms with Crippen LogP contribution in [0, 0.1) is 0 Å². The summed E-state index contributed by atoms with van der Waals surface area (Å²) in [6.45, 7) is 5.51. The van der Waals surface area contributed by atoms with Gasteiger partial charge in [-0.3, -0.25) is 9.48 Å². The average Bonchev–Trinajstić information content (AvgIpc) is 3.08. The number of rotatable bonds is 3. The number of thioether (sulfide) groups is 1. The van der Waals surface area contributed by atoms with Crippen molar-refractivity contribution in [2.24, 2.45) is 7.05 Å². The van der Waals surface area contributed by atoms with Crippen molar-refractivity contribution in [2.45, 2.75) is 43.7 Å². The molecule has 2 N–H and O–H groups in total. The number of carbonyl (C=O) groups excluding carboxylic acids is 2. The summed E-state index contributed by atoms with van der Waals surface area (Å²) in [6, 6.07) is 7.18. The standard InChI is InChI=1S/C22H25N5O3S/c1-22(2,3)30-21(29)26-17-8-10-31-18-11-13(5-6-14(17)18)20(28)25-16-7-9-23-19-15(16)12-24-27(19)4/h5-7,9,11-12,17H,8,10H2,1-4H3,(H,26,29)(H,23,25,28). The van der Waals surface area contributed by atoms with Crippen molar-refractivity contribution >= 4 is 40.5 Å². The second-order valence-electron chi connectivity index (χ2n) is 8.41. The number of nitrogens with one attached hydrogen (secondary N) is 2. The van der Waals surface area contributed by atoms with Crippen molar-refractivity contribution < 1.29 is 14.3 Å². The van der Waals surface area contributed by atoms with E-state index in [-0.39, 0.29) is 11.9 Å². The van der Waals surface area contributed by atoms with E-state index in [0.29, 0.717) is 16.9 Å². The SMILES string of the molecule is Cn1ncc2c(NC(=O)c3ccc4c(c3)SCCC4NC(=O)OC(C)(C)C)ccnc21. The number of carbonyl (C=O) groups is 2. The predicted molar refractivity (Wildman–Crippen MR) is 120 cm³/mol. The number of hydrogen-bond donors (Lipinski definition) is 2. The molecule has 8 nitrogen and oxygen atoms in total. The predicted octanol–water partition coefficient (Wildman–Crippen LogP) is 4.28. The molecule has 2 amide bonds. The molecule has 162 valence electrons. The van der Waals surface area contributed by atoms with E-state index in [1.807, 2.05) is 40.0 Å². The average molecular weight is 440 g/mol. The van der Waals surface area contributed by atoms with E-state index in [0.717, 1.165) is 28.0 Å². The van der Waals surface area contributed by atoms with Gasteiger partial charge in [0.15, 0.2) is 5.65 Å². The lowest BCUT2D eigenvalue weighted by molar-refractivity contribution is 0.0501. The third-order valence-corrected chi connectivity index (χ3v) is 5.99. The van der Waals surface area contributed by atoms with E-state index in [1.54, 1.807) is 41.0 Å².